The Balaban J connectivity index is 2.94. The molecule has 5 nitrogen and oxygen atoms in total. The highest BCUT2D eigenvalue weighted by Gasteiger charge is 2.08. The SMILES string of the molecule is CON=C([C]=O)c1csc(O)n1. The van der Waals surface area contributed by atoms with Crippen molar-refractivity contribution in [1.82, 2.24) is 4.98 Å². The van der Waals surface area contributed by atoms with Crippen LogP contribution in [0, 0.1) is 0 Å². The van der Waals surface area contributed by atoms with E-state index in [1.807, 2.05) is 0 Å². The molecule has 1 aromatic heterocycles. The van der Waals surface area contributed by atoms with Gasteiger partial charge < -0.3 is 9.94 Å². The van der Waals surface area contributed by atoms with E-state index in [4.69, 9.17) is 5.11 Å². The number of aromatic hydroxyl groups is 1. The molecule has 1 radical (unpaired) electrons. The van der Waals surface area contributed by atoms with Gasteiger partial charge in [-0.15, -0.1) is 0 Å². The van der Waals surface area contributed by atoms with Gasteiger partial charge in [0.15, 0.2) is 5.71 Å². The maximum atomic E-state index is 10.3. The van der Waals surface area contributed by atoms with Gasteiger partial charge in [0.2, 0.25) is 0 Å². The van der Waals surface area contributed by atoms with E-state index in [1.165, 1.54) is 12.5 Å². The fourth-order valence-corrected chi connectivity index (χ4v) is 1.11. The maximum absolute atomic E-state index is 10.3. The third kappa shape index (κ3) is 1.79. The zero-order valence-electron chi connectivity index (χ0n) is 6.14. The first-order valence-corrected chi connectivity index (χ1v) is 3.80. The Kier molecular flexibility index (Phi) is 2.76. The van der Waals surface area contributed by atoms with Gasteiger partial charge in [0, 0.05) is 5.38 Å². The topological polar surface area (TPSA) is 71.8 Å². The molecule has 0 spiro atoms. The molecular formula is C6H5N2O3S. The van der Waals surface area contributed by atoms with E-state index < -0.39 is 0 Å². The summed E-state index contributed by atoms with van der Waals surface area (Å²) >= 11 is 1.00. The Labute approximate surface area is 72.3 Å². The molecule has 0 aromatic carbocycles. The second-order valence-corrected chi connectivity index (χ2v) is 2.58. The van der Waals surface area contributed by atoms with E-state index in [-0.39, 0.29) is 16.6 Å². The second kappa shape index (κ2) is 3.82. The first-order chi connectivity index (χ1) is 5.77. The van der Waals surface area contributed by atoms with Crippen LogP contribution in [0.3, 0.4) is 0 Å². The first kappa shape index (κ1) is 8.66. The van der Waals surface area contributed by atoms with Crippen LogP contribution in [0.4, 0.5) is 0 Å². The van der Waals surface area contributed by atoms with E-state index in [9.17, 15) is 4.79 Å². The standard InChI is InChI=1S/C6H5N2O3S/c1-11-8-4(2-9)5-3-12-6(10)7-5/h3H,1H3,(H,7,10). The van der Waals surface area contributed by atoms with Crippen molar-refractivity contribution in [3.8, 4) is 5.19 Å². The lowest BCUT2D eigenvalue weighted by molar-refractivity contribution is 0.214. The highest BCUT2D eigenvalue weighted by atomic mass is 32.1. The highest BCUT2D eigenvalue weighted by Crippen LogP contribution is 2.15. The molecule has 0 amide bonds. The minimum atomic E-state index is -0.121. The molecule has 0 bridgehead atoms. The highest BCUT2D eigenvalue weighted by molar-refractivity contribution is 7.11. The Morgan fingerprint density at radius 3 is 3.08 bits per heavy atom. The van der Waals surface area contributed by atoms with Crippen LogP contribution in [0.25, 0.3) is 0 Å². The van der Waals surface area contributed by atoms with E-state index in [0.717, 1.165) is 11.3 Å². The number of nitrogens with zero attached hydrogens (tertiary/aromatic N) is 2. The minimum Gasteiger partial charge on any atom is -0.486 e. The van der Waals surface area contributed by atoms with Gasteiger partial charge in [-0.25, -0.2) is 4.98 Å². The molecule has 12 heavy (non-hydrogen) atoms. The quantitative estimate of drug-likeness (QED) is 0.543. The number of oxime groups is 1. The van der Waals surface area contributed by atoms with Crippen molar-refractivity contribution in [2.24, 2.45) is 5.16 Å². The summed E-state index contributed by atoms with van der Waals surface area (Å²) in [7, 11) is 1.31. The van der Waals surface area contributed by atoms with Gasteiger partial charge in [-0.05, 0) is 0 Å². The lowest BCUT2D eigenvalue weighted by atomic mass is 10.3. The van der Waals surface area contributed by atoms with Crippen molar-refractivity contribution in [2.75, 3.05) is 7.11 Å². The summed E-state index contributed by atoms with van der Waals surface area (Å²) in [5.74, 6) is 0. The van der Waals surface area contributed by atoms with Crippen molar-refractivity contribution >= 4 is 23.3 Å². The molecule has 0 unspecified atom stereocenters. The lowest BCUT2D eigenvalue weighted by Crippen LogP contribution is -2.02. The number of thiazole rings is 1. The van der Waals surface area contributed by atoms with Crippen LogP contribution in [0.2, 0.25) is 0 Å². The van der Waals surface area contributed by atoms with Gasteiger partial charge in [-0.3, -0.25) is 4.79 Å². The first-order valence-electron chi connectivity index (χ1n) is 2.92. The van der Waals surface area contributed by atoms with E-state index >= 15 is 0 Å². The summed E-state index contributed by atoms with van der Waals surface area (Å²) in [6.45, 7) is 0. The third-order valence-corrected chi connectivity index (χ3v) is 1.66. The molecule has 63 valence electrons. The fourth-order valence-electron chi connectivity index (χ4n) is 0.582. The van der Waals surface area contributed by atoms with Crippen LogP contribution in [0.1, 0.15) is 5.69 Å². The summed E-state index contributed by atoms with van der Waals surface area (Å²) in [4.78, 5) is 18.2. The molecular weight excluding hydrogens is 180 g/mol. The van der Waals surface area contributed by atoms with Crippen molar-refractivity contribution in [2.45, 2.75) is 0 Å². The van der Waals surface area contributed by atoms with Gasteiger partial charge in [0.1, 0.15) is 12.8 Å². The maximum Gasteiger partial charge on any atom is 0.271 e. The predicted molar refractivity (Wildman–Crippen MR) is 43.0 cm³/mol. The summed E-state index contributed by atoms with van der Waals surface area (Å²) in [5.41, 5.74) is 0.198. The van der Waals surface area contributed by atoms with Crippen LogP contribution in [-0.2, 0) is 9.63 Å². The Hall–Kier alpha value is -1.43. The Morgan fingerprint density at radius 2 is 2.67 bits per heavy atom. The predicted octanol–water partition coefficient (Wildman–Crippen LogP) is 0.309. The molecule has 0 saturated heterocycles. The van der Waals surface area contributed by atoms with Crippen LogP contribution in [0.15, 0.2) is 10.5 Å². The van der Waals surface area contributed by atoms with Crippen LogP contribution in [0.5, 0.6) is 5.19 Å². The molecule has 1 rings (SSSR count). The van der Waals surface area contributed by atoms with Gasteiger partial charge in [-0.2, -0.15) is 0 Å². The van der Waals surface area contributed by atoms with Crippen LogP contribution in [-0.4, -0.2) is 29.2 Å². The second-order valence-electron chi connectivity index (χ2n) is 1.74. The number of rotatable bonds is 3. The molecule has 6 heteroatoms. The van der Waals surface area contributed by atoms with E-state index in [1.54, 1.807) is 6.29 Å². The molecule has 0 fully saturated rings. The zero-order chi connectivity index (χ0) is 8.97. The normalized spacial score (nSPS) is 11.2. The molecule has 1 heterocycles. The molecule has 1 aromatic rings. The Morgan fingerprint density at radius 1 is 1.92 bits per heavy atom. The van der Waals surface area contributed by atoms with Crippen molar-refractivity contribution < 1.29 is 14.7 Å². The third-order valence-electron chi connectivity index (χ3n) is 1.01. The summed E-state index contributed by atoms with van der Waals surface area (Å²) in [6.07, 6.45) is 1.54. The van der Waals surface area contributed by atoms with Crippen molar-refractivity contribution in [3.05, 3.63) is 11.1 Å². The van der Waals surface area contributed by atoms with Gasteiger partial charge in [-0.1, -0.05) is 16.5 Å². The van der Waals surface area contributed by atoms with Gasteiger partial charge in [0.25, 0.3) is 11.5 Å². The smallest absolute Gasteiger partial charge is 0.271 e. The van der Waals surface area contributed by atoms with E-state index in [0.29, 0.717) is 0 Å². The zero-order valence-corrected chi connectivity index (χ0v) is 6.96. The van der Waals surface area contributed by atoms with Crippen LogP contribution < -0.4 is 0 Å². The van der Waals surface area contributed by atoms with Crippen LogP contribution >= 0.6 is 11.3 Å². The molecule has 0 aliphatic rings. The molecule has 0 saturated carbocycles. The lowest BCUT2D eigenvalue weighted by Gasteiger charge is -1.89. The van der Waals surface area contributed by atoms with Crippen molar-refractivity contribution in [1.29, 1.82) is 0 Å². The fraction of sp³-hybridized carbons (Fsp3) is 0.167. The van der Waals surface area contributed by atoms with Gasteiger partial charge >= 0.3 is 0 Å². The monoisotopic (exact) mass is 185 g/mol. The summed E-state index contributed by atoms with van der Waals surface area (Å²) in [5, 5.41) is 13.6. The summed E-state index contributed by atoms with van der Waals surface area (Å²) < 4.78 is 0. The minimum absolute atomic E-state index is 0.0611. The molecule has 0 aliphatic carbocycles. The van der Waals surface area contributed by atoms with E-state index in [2.05, 4.69) is 15.0 Å². The number of hydrogen-bond donors (Lipinski definition) is 1. The van der Waals surface area contributed by atoms with Crippen molar-refractivity contribution in [3.63, 3.8) is 0 Å². The molecule has 1 N–H and O–H groups in total. The number of carbonyl (C=O) groups excluding carboxylic acids is 1. The largest absolute Gasteiger partial charge is 0.486 e. The number of hydrogen-bond acceptors (Lipinski definition) is 6. The number of aromatic nitrogens is 1. The molecule has 0 aliphatic heterocycles. The van der Waals surface area contributed by atoms with Gasteiger partial charge in [0.05, 0.1) is 0 Å². The molecule has 0 atom stereocenters. The average molecular weight is 185 g/mol. The Bertz CT molecular complexity index is 307. The average Bonchev–Trinajstić information content (AvgIpc) is 2.47. The summed E-state index contributed by atoms with van der Waals surface area (Å²) in [6, 6.07) is 0.